The third-order valence-electron chi connectivity index (χ3n) is 2.39. The van der Waals surface area contributed by atoms with Crippen molar-refractivity contribution in [1.29, 1.82) is 0 Å². The number of aromatic amines is 1. The summed E-state index contributed by atoms with van der Waals surface area (Å²) in [5.41, 5.74) is 8.55. The van der Waals surface area contributed by atoms with E-state index in [9.17, 15) is 5.11 Å². The Hall–Kier alpha value is -1.19. The fourth-order valence-corrected chi connectivity index (χ4v) is 1.82. The minimum Gasteiger partial charge on any atom is -0.506 e. The van der Waals surface area contributed by atoms with Gasteiger partial charge in [-0.25, -0.2) is 0 Å². The molecule has 3 nitrogen and oxygen atoms in total. The maximum Gasteiger partial charge on any atom is 0.136 e. The van der Waals surface area contributed by atoms with Crippen LogP contribution in [0.4, 0.5) is 0 Å². The Labute approximate surface area is 86.5 Å². The molecule has 0 fully saturated rings. The van der Waals surface area contributed by atoms with Gasteiger partial charge in [-0.1, -0.05) is 11.6 Å². The van der Waals surface area contributed by atoms with E-state index in [0.717, 1.165) is 22.2 Å². The highest BCUT2D eigenvalue weighted by Crippen LogP contribution is 2.31. The zero-order valence-electron chi connectivity index (χ0n) is 7.76. The first-order valence-electron chi connectivity index (χ1n) is 4.33. The second-order valence-corrected chi connectivity index (χ2v) is 3.69. The molecule has 0 aliphatic carbocycles. The van der Waals surface area contributed by atoms with Gasteiger partial charge >= 0.3 is 0 Å². The van der Waals surface area contributed by atoms with E-state index in [1.807, 2.05) is 6.92 Å². The largest absolute Gasteiger partial charge is 0.506 e. The summed E-state index contributed by atoms with van der Waals surface area (Å²) in [6.45, 7) is 2.42. The standard InChI is InChI=1S/C10H11ClN2O/c1-5-7(4-12)6-2-8(11)10(14)3-9(6)13-5/h2-3,13-14H,4,12H2,1H3. The molecule has 0 saturated carbocycles. The Balaban J connectivity index is 2.82. The fraction of sp³-hybridized carbons (Fsp3) is 0.200. The normalized spacial score (nSPS) is 11.1. The molecular weight excluding hydrogens is 200 g/mol. The van der Waals surface area contributed by atoms with E-state index in [0.29, 0.717) is 11.6 Å². The Morgan fingerprint density at radius 3 is 2.86 bits per heavy atom. The Bertz CT molecular complexity index is 490. The molecular formula is C10H11ClN2O. The van der Waals surface area contributed by atoms with Crippen molar-refractivity contribution < 1.29 is 5.11 Å². The molecule has 0 aliphatic heterocycles. The number of fused-ring (bicyclic) bond motifs is 1. The summed E-state index contributed by atoms with van der Waals surface area (Å²) in [4.78, 5) is 3.15. The van der Waals surface area contributed by atoms with Crippen LogP contribution in [0.15, 0.2) is 12.1 Å². The molecule has 14 heavy (non-hydrogen) atoms. The van der Waals surface area contributed by atoms with Crippen molar-refractivity contribution in [3.63, 3.8) is 0 Å². The van der Waals surface area contributed by atoms with Gasteiger partial charge in [0, 0.05) is 29.2 Å². The van der Waals surface area contributed by atoms with Gasteiger partial charge in [-0.15, -0.1) is 0 Å². The Morgan fingerprint density at radius 1 is 1.50 bits per heavy atom. The van der Waals surface area contributed by atoms with Crippen molar-refractivity contribution in [2.75, 3.05) is 0 Å². The summed E-state index contributed by atoms with van der Waals surface area (Å²) < 4.78 is 0. The minimum atomic E-state index is 0.0870. The van der Waals surface area contributed by atoms with Crippen LogP contribution in [-0.2, 0) is 6.54 Å². The predicted molar refractivity (Wildman–Crippen MR) is 57.6 cm³/mol. The summed E-state index contributed by atoms with van der Waals surface area (Å²) in [6.07, 6.45) is 0. The number of phenols is 1. The maximum absolute atomic E-state index is 9.41. The third-order valence-corrected chi connectivity index (χ3v) is 2.69. The number of aromatic nitrogens is 1. The van der Waals surface area contributed by atoms with E-state index in [1.54, 1.807) is 12.1 Å². The highest BCUT2D eigenvalue weighted by Gasteiger charge is 2.09. The third kappa shape index (κ3) is 1.25. The number of nitrogens with one attached hydrogen (secondary N) is 1. The number of phenolic OH excluding ortho intramolecular Hbond substituents is 1. The average Bonchev–Trinajstić information content (AvgIpc) is 2.42. The number of H-pyrrole nitrogens is 1. The Morgan fingerprint density at radius 2 is 2.21 bits per heavy atom. The SMILES string of the molecule is Cc1[nH]c2cc(O)c(Cl)cc2c1CN. The smallest absolute Gasteiger partial charge is 0.136 e. The topological polar surface area (TPSA) is 62.0 Å². The summed E-state index contributed by atoms with van der Waals surface area (Å²) in [5.74, 6) is 0.0870. The summed E-state index contributed by atoms with van der Waals surface area (Å²) in [5, 5.41) is 10.7. The van der Waals surface area contributed by atoms with Gasteiger partial charge in [0.25, 0.3) is 0 Å². The van der Waals surface area contributed by atoms with Gasteiger partial charge in [0.2, 0.25) is 0 Å². The van der Waals surface area contributed by atoms with Crippen LogP contribution in [0.2, 0.25) is 5.02 Å². The zero-order chi connectivity index (χ0) is 10.3. The summed E-state index contributed by atoms with van der Waals surface area (Å²) >= 11 is 5.82. The number of rotatable bonds is 1. The molecule has 0 radical (unpaired) electrons. The molecule has 4 N–H and O–H groups in total. The molecule has 0 amide bonds. The fourth-order valence-electron chi connectivity index (χ4n) is 1.66. The molecule has 1 aromatic heterocycles. The van der Waals surface area contributed by atoms with E-state index < -0.39 is 0 Å². The number of hydrogen-bond donors (Lipinski definition) is 3. The minimum absolute atomic E-state index is 0.0870. The predicted octanol–water partition coefficient (Wildman–Crippen LogP) is 2.29. The van der Waals surface area contributed by atoms with Crippen molar-refractivity contribution in [2.24, 2.45) is 5.73 Å². The molecule has 2 rings (SSSR count). The Kier molecular flexibility index (Phi) is 2.13. The molecule has 74 valence electrons. The van der Waals surface area contributed by atoms with Crippen LogP contribution in [-0.4, -0.2) is 10.1 Å². The van der Waals surface area contributed by atoms with E-state index >= 15 is 0 Å². The van der Waals surface area contributed by atoms with E-state index in [1.165, 1.54) is 0 Å². The van der Waals surface area contributed by atoms with Crippen LogP contribution >= 0.6 is 11.6 Å². The molecule has 2 aromatic rings. The first-order chi connectivity index (χ1) is 6.63. The van der Waals surface area contributed by atoms with E-state index in [-0.39, 0.29) is 5.75 Å². The van der Waals surface area contributed by atoms with Crippen molar-refractivity contribution in [1.82, 2.24) is 4.98 Å². The second kappa shape index (κ2) is 3.19. The van der Waals surface area contributed by atoms with Crippen molar-refractivity contribution in [2.45, 2.75) is 13.5 Å². The van der Waals surface area contributed by atoms with Gasteiger partial charge < -0.3 is 15.8 Å². The number of nitrogens with two attached hydrogens (primary N) is 1. The van der Waals surface area contributed by atoms with Crippen LogP contribution < -0.4 is 5.73 Å². The lowest BCUT2D eigenvalue weighted by atomic mass is 10.1. The maximum atomic E-state index is 9.41. The molecule has 1 heterocycles. The van der Waals surface area contributed by atoms with E-state index in [4.69, 9.17) is 17.3 Å². The van der Waals surface area contributed by atoms with Gasteiger partial charge in [0.15, 0.2) is 0 Å². The van der Waals surface area contributed by atoms with Gasteiger partial charge in [-0.05, 0) is 18.6 Å². The first-order valence-corrected chi connectivity index (χ1v) is 4.71. The van der Waals surface area contributed by atoms with Crippen LogP contribution in [0, 0.1) is 6.92 Å². The highest BCUT2D eigenvalue weighted by atomic mass is 35.5. The molecule has 0 bridgehead atoms. The lowest BCUT2D eigenvalue weighted by molar-refractivity contribution is 0.476. The van der Waals surface area contributed by atoms with Gasteiger partial charge in [-0.2, -0.15) is 0 Å². The number of halogens is 1. The number of aromatic hydroxyl groups is 1. The quantitative estimate of drug-likeness (QED) is 0.676. The summed E-state index contributed by atoms with van der Waals surface area (Å²) in [7, 11) is 0. The monoisotopic (exact) mass is 210 g/mol. The van der Waals surface area contributed by atoms with Gasteiger partial charge in [-0.3, -0.25) is 0 Å². The molecule has 0 saturated heterocycles. The number of aryl methyl sites for hydroxylation is 1. The van der Waals surface area contributed by atoms with Crippen LogP contribution in [0.1, 0.15) is 11.3 Å². The molecule has 0 spiro atoms. The summed E-state index contributed by atoms with van der Waals surface area (Å²) in [6, 6.07) is 3.35. The van der Waals surface area contributed by atoms with Crippen LogP contribution in [0.5, 0.6) is 5.75 Å². The van der Waals surface area contributed by atoms with E-state index in [2.05, 4.69) is 4.98 Å². The number of hydrogen-bond acceptors (Lipinski definition) is 2. The van der Waals surface area contributed by atoms with Crippen LogP contribution in [0.25, 0.3) is 10.9 Å². The zero-order valence-corrected chi connectivity index (χ0v) is 8.52. The molecule has 1 aromatic carbocycles. The lowest BCUT2D eigenvalue weighted by Crippen LogP contribution is -1.96. The highest BCUT2D eigenvalue weighted by molar-refractivity contribution is 6.32. The van der Waals surface area contributed by atoms with Crippen molar-refractivity contribution in [3.05, 3.63) is 28.4 Å². The molecule has 0 aliphatic rings. The average molecular weight is 211 g/mol. The molecule has 4 heteroatoms. The van der Waals surface area contributed by atoms with Crippen LogP contribution in [0.3, 0.4) is 0 Å². The number of benzene rings is 1. The lowest BCUT2D eigenvalue weighted by Gasteiger charge is -1.98. The van der Waals surface area contributed by atoms with Gasteiger partial charge in [0.05, 0.1) is 5.02 Å². The van der Waals surface area contributed by atoms with Crippen molar-refractivity contribution in [3.8, 4) is 5.75 Å². The van der Waals surface area contributed by atoms with Crippen molar-refractivity contribution >= 4 is 22.5 Å². The molecule has 0 atom stereocenters. The first kappa shape index (κ1) is 9.37. The second-order valence-electron chi connectivity index (χ2n) is 3.28. The van der Waals surface area contributed by atoms with Gasteiger partial charge in [0.1, 0.15) is 5.75 Å². The molecule has 0 unspecified atom stereocenters.